The quantitative estimate of drug-likeness (QED) is 0.791. The van der Waals surface area contributed by atoms with E-state index in [9.17, 15) is 9.59 Å². The first-order chi connectivity index (χ1) is 8.47. The summed E-state index contributed by atoms with van der Waals surface area (Å²) in [6.07, 6.45) is 1.84. The number of amides is 1. The Labute approximate surface area is 110 Å². The minimum Gasteiger partial charge on any atom is -0.397 e. The lowest BCUT2D eigenvalue weighted by atomic mass is 10.1. The van der Waals surface area contributed by atoms with Gasteiger partial charge in [0.1, 0.15) is 5.00 Å². The van der Waals surface area contributed by atoms with E-state index in [0.717, 1.165) is 19.4 Å². The number of anilines is 2. The monoisotopic (exact) mass is 267 g/mol. The van der Waals surface area contributed by atoms with Gasteiger partial charge < -0.3 is 16.4 Å². The van der Waals surface area contributed by atoms with Crippen LogP contribution in [-0.2, 0) is 0 Å². The number of Topliss-reactive ketones (excluding diaryl/α,β-unsaturated/α-hetero) is 1. The molecule has 0 bridgehead atoms. The van der Waals surface area contributed by atoms with Gasteiger partial charge in [-0.2, -0.15) is 0 Å². The average molecular weight is 267 g/mol. The summed E-state index contributed by atoms with van der Waals surface area (Å²) in [5, 5.41) is 0.687. The molecule has 0 unspecified atom stereocenters. The van der Waals surface area contributed by atoms with E-state index in [1.54, 1.807) is 0 Å². The van der Waals surface area contributed by atoms with Gasteiger partial charge in [-0.25, -0.2) is 0 Å². The fourth-order valence-corrected chi connectivity index (χ4v) is 3.07. The number of hydrogen-bond acceptors (Lipinski definition) is 5. The molecule has 1 aromatic rings. The van der Waals surface area contributed by atoms with Gasteiger partial charge in [0.2, 0.25) is 0 Å². The second kappa shape index (κ2) is 4.61. The maximum Gasteiger partial charge on any atom is 0.253 e. The number of hydrogen-bond donors (Lipinski definition) is 2. The van der Waals surface area contributed by atoms with Gasteiger partial charge in [0.05, 0.1) is 16.1 Å². The van der Waals surface area contributed by atoms with Crippen molar-refractivity contribution in [3.63, 3.8) is 0 Å². The standard InChI is InChI=1S/C12H17N3O2S/c1-3-15(2)12-7(11(14)17)8(13)10(18-12)9(16)6-4-5-6/h6H,3-5,13H2,1-2H3,(H2,14,17). The van der Waals surface area contributed by atoms with Crippen LogP contribution < -0.4 is 16.4 Å². The predicted octanol–water partition coefficient (Wildman–Crippen LogP) is 1.48. The van der Waals surface area contributed by atoms with Crippen LogP contribution in [0.5, 0.6) is 0 Å². The summed E-state index contributed by atoms with van der Waals surface area (Å²) < 4.78 is 0. The van der Waals surface area contributed by atoms with Gasteiger partial charge in [0.15, 0.2) is 5.78 Å². The van der Waals surface area contributed by atoms with Crippen molar-refractivity contribution in [2.24, 2.45) is 11.7 Å². The molecule has 6 heteroatoms. The Balaban J connectivity index is 2.49. The lowest BCUT2D eigenvalue weighted by Gasteiger charge is -2.15. The molecule has 1 heterocycles. The Morgan fingerprint density at radius 3 is 2.50 bits per heavy atom. The Kier molecular flexibility index (Phi) is 3.30. The van der Waals surface area contributed by atoms with Crippen molar-refractivity contribution in [2.75, 3.05) is 24.2 Å². The van der Waals surface area contributed by atoms with Crippen molar-refractivity contribution < 1.29 is 9.59 Å². The van der Waals surface area contributed by atoms with Crippen molar-refractivity contribution in [2.45, 2.75) is 19.8 Å². The molecule has 98 valence electrons. The zero-order valence-electron chi connectivity index (χ0n) is 10.5. The minimum atomic E-state index is -0.575. The third kappa shape index (κ3) is 2.08. The zero-order valence-corrected chi connectivity index (χ0v) is 11.3. The van der Waals surface area contributed by atoms with E-state index in [1.165, 1.54) is 11.3 Å². The number of primary amides is 1. The summed E-state index contributed by atoms with van der Waals surface area (Å²) in [6.45, 7) is 2.68. The summed E-state index contributed by atoms with van der Waals surface area (Å²) in [7, 11) is 1.85. The molecular weight excluding hydrogens is 250 g/mol. The summed E-state index contributed by atoms with van der Waals surface area (Å²) in [5.41, 5.74) is 11.8. The number of nitrogen functional groups attached to an aromatic ring is 1. The molecule has 18 heavy (non-hydrogen) atoms. The van der Waals surface area contributed by atoms with Crippen LogP contribution in [0.4, 0.5) is 10.7 Å². The predicted molar refractivity (Wildman–Crippen MR) is 73.2 cm³/mol. The molecule has 0 radical (unpaired) electrons. The van der Waals surface area contributed by atoms with Crippen molar-refractivity contribution in [3.05, 3.63) is 10.4 Å². The molecule has 1 aromatic heterocycles. The molecule has 0 aliphatic heterocycles. The highest BCUT2D eigenvalue weighted by Gasteiger charge is 2.35. The molecule has 1 amide bonds. The topological polar surface area (TPSA) is 89.4 Å². The maximum atomic E-state index is 12.1. The lowest BCUT2D eigenvalue weighted by molar-refractivity contribution is 0.0972. The van der Waals surface area contributed by atoms with Gasteiger partial charge in [0.25, 0.3) is 5.91 Å². The van der Waals surface area contributed by atoms with Crippen molar-refractivity contribution in [1.82, 2.24) is 0 Å². The molecule has 0 atom stereocenters. The highest BCUT2D eigenvalue weighted by atomic mass is 32.1. The summed E-state index contributed by atoms with van der Waals surface area (Å²) in [6, 6.07) is 0. The van der Waals surface area contributed by atoms with Crippen molar-refractivity contribution in [3.8, 4) is 0 Å². The number of nitrogens with two attached hydrogens (primary N) is 2. The van der Waals surface area contributed by atoms with E-state index in [-0.39, 0.29) is 23.0 Å². The van der Waals surface area contributed by atoms with Crippen molar-refractivity contribution in [1.29, 1.82) is 0 Å². The van der Waals surface area contributed by atoms with Gasteiger partial charge >= 0.3 is 0 Å². The van der Waals surface area contributed by atoms with Crippen LogP contribution in [0.3, 0.4) is 0 Å². The van der Waals surface area contributed by atoms with E-state index >= 15 is 0 Å². The third-order valence-electron chi connectivity index (χ3n) is 3.17. The number of nitrogens with zero attached hydrogens (tertiary/aromatic N) is 1. The van der Waals surface area contributed by atoms with E-state index in [4.69, 9.17) is 11.5 Å². The highest BCUT2D eigenvalue weighted by Crippen LogP contribution is 2.42. The maximum absolute atomic E-state index is 12.1. The smallest absolute Gasteiger partial charge is 0.253 e. The van der Waals surface area contributed by atoms with Crippen LogP contribution in [0, 0.1) is 5.92 Å². The average Bonchev–Trinajstić information content (AvgIpc) is 3.10. The first-order valence-electron chi connectivity index (χ1n) is 5.94. The Morgan fingerprint density at radius 2 is 2.06 bits per heavy atom. The SMILES string of the molecule is CCN(C)c1sc(C(=O)C2CC2)c(N)c1C(N)=O. The van der Waals surface area contributed by atoms with Crippen LogP contribution in [0.1, 0.15) is 39.8 Å². The Bertz CT molecular complexity index is 506. The number of thiophene rings is 1. The second-order valence-electron chi connectivity index (χ2n) is 4.54. The van der Waals surface area contributed by atoms with Gasteiger partial charge in [-0.3, -0.25) is 9.59 Å². The van der Waals surface area contributed by atoms with Crippen LogP contribution in [0.2, 0.25) is 0 Å². The zero-order chi connectivity index (χ0) is 13.4. The number of carbonyl (C=O) groups is 2. The van der Waals surface area contributed by atoms with Crippen LogP contribution in [0.25, 0.3) is 0 Å². The Hall–Kier alpha value is -1.56. The molecule has 1 aliphatic rings. The van der Waals surface area contributed by atoms with E-state index in [0.29, 0.717) is 9.88 Å². The highest BCUT2D eigenvalue weighted by molar-refractivity contribution is 7.19. The number of rotatable bonds is 5. The fourth-order valence-electron chi connectivity index (χ4n) is 1.80. The molecule has 4 N–H and O–H groups in total. The van der Waals surface area contributed by atoms with Gasteiger partial charge in [0, 0.05) is 19.5 Å². The van der Waals surface area contributed by atoms with Crippen molar-refractivity contribution >= 4 is 33.7 Å². The van der Waals surface area contributed by atoms with Gasteiger partial charge in [-0.1, -0.05) is 0 Å². The van der Waals surface area contributed by atoms with Crippen LogP contribution >= 0.6 is 11.3 Å². The molecule has 5 nitrogen and oxygen atoms in total. The molecule has 0 saturated heterocycles. The van der Waals surface area contributed by atoms with E-state index in [1.807, 2.05) is 18.9 Å². The Morgan fingerprint density at radius 1 is 1.44 bits per heavy atom. The minimum absolute atomic E-state index is 0.0516. The summed E-state index contributed by atoms with van der Waals surface area (Å²) in [5.74, 6) is -0.434. The molecule has 1 fully saturated rings. The van der Waals surface area contributed by atoms with Crippen LogP contribution in [0.15, 0.2) is 0 Å². The molecule has 1 aliphatic carbocycles. The molecular formula is C12H17N3O2S. The first-order valence-corrected chi connectivity index (χ1v) is 6.76. The number of ketones is 1. The second-order valence-corrected chi connectivity index (χ2v) is 5.54. The largest absolute Gasteiger partial charge is 0.397 e. The molecule has 0 aromatic carbocycles. The lowest BCUT2D eigenvalue weighted by Crippen LogP contribution is -2.20. The molecule has 1 saturated carbocycles. The van der Waals surface area contributed by atoms with Gasteiger partial charge in [-0.15, -0.1) is 11.3 Å². The normalized spacial score (nSPS) is 14.6. The molecule has 2 rings (SSSR count). The first kappa shape index (κ1) is 12.9. The summed E-state index contributed by atoms with van der Waals surface area (Å²) >= 11 is 1.27. The fraction of sp³-hybridized carbons (Fsp3) is 0.500. The van der Waals surface area contributed by atoms with Crippen LogP contribution in [-0.4, -0.2) is 25.3 Å². The molecule has 0 spiro atoms. The summed E-state index contributed by atoms with van der Waals surface area (Å²) in [4.78, 5) is 25.9. The third-order valence-corrected chi connectivity index (χ3v) is 4.50. The van der Waals surface area contributed by atoms with Gasteiger partial charge in [-0.05, 0) is 19.8 Å². The van der Waals surface area contributed by atoms with E-state index < -0.39 is 5.91 Å². The van der Waals surface area contributed by atoms with E-state index in [2.05, 4.69) is 0 Å². The number of carbonyl (C=O) groups excluding carboxylic acids is 2.